The molecule has 4 nitrogen and oxygen atoms in total. The van der Waals surface area contributed by atoms with Crippen molar-refractivity contribution in [1.29, 1.82) is 0 Å². The van der Waals surface area contributed by atoms with Crippen molar-refractivity contribution in [2.24, 2.45) is 17.8 Å². The second kappa shape index (κ2) is 3.83. The van der Waals surface area contributed by atoms with Crippen LogP contribution in [0.15, 0.2) is 0 Å². The van der Waals surface area contributed by atoms with Crippen molar-refractivity contribution in [1.82, 2.24) is 4.90 Å². The molecule has 1 aliphatic carbocycles. The summed E-state index contributed by atoms with van der Waals surface area (Å²) >= 11 is 0. The molecular formula is C11H17NO3. The molecule has 1 aliphatic heterocycles. The third kappa shape index (κ3) is 1.85. The van der Waals surface area contributed by atoms with E-state index in [1.165, 1.54) is 26.2 Å². The Balaban J connectivity index is 1.96. The summed E-state index contributed by atoms with van der Waals surface area (Å²) in [6.45, 7) is 3.03. The minimum absolute atomic E-state index is 0.211. The number of likely N-dealkylation sites (tertiary alicyclic amines) is 1. The molecule has 3 atom stereocenters. The van der Waals surface area contributed by atoms with Crippen molar-refractivity contribution in [3.05, 3.63) is 0 Å². The van der Waals surface area contributed by atoms with Gasteiger partial charge in [-0.25, -0.2) is 0 Å². The van der Waals surface area contributed by atoms with Crippen molar-refractivity contribution in [3.8, 4) is 0 Å². The van der Waals surface area contributed by atoms with Crippen LogP contribution in [-0.2, 0) is 9.59 Å². The normalized spacial score (nSPS) is 31.4. The third-order valence-electron chi connectivity index (χ3n) is 3.78. The highest BCUT2D eigenvalue weighted by Crippen LogP contribution is 2.38. The number of carbonyl (C=O) groups is 2. The van der Waals surface area contributed by atoms with Gasteiger partial charge in [-0.15, -0.1) is 0 Å². The van der Waals surface area contributed by atoms with Gasteiger partial charge < -0.3 is 10.0 Å². The lowest BCUT2D eigenvalue weighted by Gasteiger charge is -2.19. The number of nitrogens with zero attached hydrogens (tertiary/aromatic N) is 1. The molecule has 0 aromatic carbocycles. The number of hydrogen-bond acceptors (Lipinski definition) is 2. The zero-order valence-corrected chi connectivity index (χ0v) is 8.98. The molecule has 2 rings (SSSR count). The number of carboxylic acid groups (broad SMARTS) is 1. The van der Waals surface area contributed by atoms with Crippen LogP contribution in [0, 0.1) is 17.8 Å². The van der Waals surface area contributed by atoms with Crippen LogP contribution < -0.4 is 0 Å². The van der Waals surface area contributed by atoms with Crippen molar-refractivity contribution < 1.29 is 14.7 Å². The molecule has 0 radical (unpaired) electrons. The van der Waals surface area contributed by atoms with E-state index in [0.717, 1.165) is 13.1 Å². The van der Waals surface area contributed by atoms with Crippen LogP contribution in [0.4, 0.5) is 0 Å². The number of rotatable bonds is 2. The first kappa shape index (κ1) is 10.5. The van der Waals surface area contributed by atoms with E-state index >= 15 is 0 Å². The summed E-state index contributed by atoms with van der Waals surface area (Å²) in [5, 5.41) is 8.77. The molecule has 3 unspecified atom stereocenters. The maximum atomic E-state index is 11.8. The van der Waals surface area contributed by atoms with Crippen molar-refractivity contribution >= 4 is 11.9 Å². The Morgan fingerprint density at radius 2 is 1.80 bits per heavy atom. The van der Waals surface area contributed by atoms with Crippen molar-refractivity contribution in [3.63, 3.8) is 0 Å². The molecule has 0 aromatic heterocycles. The summed E-state index contributed by atoms with van der Waals surface area (Å²) in [7, 11) is 0. The van der Waals surface area contributed by atoms with Crippen LogP contribution in [0.2, 0.25) is 0 Å². The maximum Gasteiger partial charge on any atom is 0.315 e. The molecule has 15 heavy (non-hydrogen) atoms. The standard InChI is InChI=1S/C11H17NO3/c1-7(11(14)15)10(13)12-5-8-3-2-4-9(8)6-12/h7-9H,2-6H2,1H3,(H,14,15). The Labute approximate surface area is 89.3 Å². The van der Waals surface area contributed by atoms with Crippen LogP contribution in [0.5, 0.6) is 0 Å². The number of carbonyl (C=O) groups excluding carboxylic acids is 1. The predicted molar refractivity (Wildman–Crippen MR) is 54.2 cm³/mol. The van der Waals surface area contributed by atoms with E-state index in [1.807, 2.05) is 0 Å². The number of amides is 1. The first-order valence-electron chi connectivity index (χ1n) is 5.61. The maximum absolute atomic E-state index is 11.8. The van der Waals surface area contributed by atoms with Crippen LogP contribution in [-0.4, -0.2) is 35.0 Å². The average molecular weight is 211 g/mol. The molecule has 2 fully saturated rings. The fraction of sp³-hybridized carbons (Fsp3) is 0.818. The zero-order chi connectivity index (χ0) is 11.0. The lowest BCUT2D eigenvalue weighted by molar-refractivity contribution is -0.149. The Bertz CT molecular complexity index is 278. The molecule has 1 heterocycles. The van der Waals surface area contributed by atoms with Gasteiger partial charge in [0, 0.05) is 13.1 Å². The topological polar surface area (TPSA) is 57.6 Å². The van der Waals surface area contributed by atoms with Crippen LogP contribution >= 0.6 is 0 Å². The molecule has 84 valence electrons. The predicted octanol–water partition coefficient (Wildman–Crippen LogP) is 0.966. The van der Waals surface area contributed by atoms with Gasteiger partial charge in [0.15, 0.2) is 0 Å². The van der Waals surface area contributed by atoms with E-state index in [9.17, 15) is 9.59 Å². The minimum atomic E-state index is -1.02. The monoisotopic (exact) mass is 211 g/mol. The largest absolute Gasteiger partial charge is 0.481 e. The van der Waals surface area contributed by atoms with Crippen molar-refractivity contribution in [2.75, 3.05) is 13.1 Å². The molecule has 1 amide bonds. The van der Waals surface area contributed by atoms with Crippen molar-refractivity contribution in [2.45, 2.75) is 26.2 Å². The molecule has 2 aliphatic rings. The number of hydrogen-bond donors (Lipinski definition) is 1. The van der Waals surface area contributed by atoms with Gasteiger partial charge in [-0.05, 0) is 31.6 Å². The first-order valence-corrected chi connectivity index (χ1v) is 5.61. The Hall–Kier alpha value is -1.06. The summed E-state index contributed by atoms with van der Waals surface area (Å²) < 4.78 is 0. The first-order chi connectivity index (χ1) is 7.09. The lowest BCUT2D eigenvalue weighted by atomic mass is 10.0. The van der Waals surface area contributed by atoms with Gasteiger partial charge in [0.1, 0.15) is 5.92 Å². The molecule has 0 spiro atoms. The van der Waals surface area contributed by atoms with Gasteiger partial charge in [0.2, 0.25) is 5.91 Å². The fourth-order valence-corrected chi connectivity index (χ4v) is 2.79. The molecule has 4 heteroatoms. The van der Waals surface area contributed by atoms with Gasteiger partial charge in [0.25, 0.3) is 0 Å². The molecular weight excluding hydrogens is 194 g/mol. The van der Waals surface area contributed by atoms with E-state index < -0.39 is 11.9 Å². The van der Waals surface area contributed by atoms with E-state index in [0.29, 0.717) is 11.8 Å². The Kier molecular flexibility index (Phi) is 2.67. The highest BCUT2D eigenvalue weighted by atomic mass is 16.4. The zero-order valence-electron chi connectivity index (χ0n) is 8.98. The molecule has 0 aromatic rings. The minimum Gasteiger partial charge on any atom is -0.481 e. The second-order valence-electron chi connectivity index (χ2n) is 4.75. The van der Waals surface area contributed by atoms with Gasteiger partial charge in [-0.3, -0.25) is 9.59 Å². The molecule has 0 bridgehead atoms. The van der Waals surface area contributed by atoms with E-state index in [-0.39, 0.29) is 5.91 Å². The van der Waals surface area contributed by atoms with Gasteiger partial charge >= 0.3 is 5.97 Å². The second-order valence-corrected chi connectivity index (χ2v) is 4.75. The highest BCUT2D eigenvalue weighted by Gasteiger charge is 2.39. The van der Waals surface area contributed by atoms with Gasteiger partial charge in [0.05, 0.1) is 0 Å². The Morgan fingerprint density at radius 3 is 2.27 bits per heavy atom. The highest BCUT2D eigenvalue weighted by molar-refractivity contribution is 5.96. The van der Waals surface area contributed by atoms with Crippen LogP contribution in [0.3, 0.4) is 0 Å². The summed E-state index contributed by atoms with van der Waals surface area (Å²) in [5.41, 5.74) is 0. The smallest absolute Gasteiger partial charge is 0.315 e. The van der Waals surface area contributed by atoms with Crippen LogP contribution in [0.25, 0.3) is 0 Å². The molecule has 1 saturated heterocycles. The molecule has 1 saturated carbocycles. The van der Waals surface area contributed by atoms with E-state index in [1.54, 1.807) is 4.90 Å². The number of carboxylic acids is 1. The van der Waals surface area contributed by atoms with Crippen LogP contribution in [0.1, 0.15) is 26.2 Å². The average Bonchev–Trinajstić information content (AvgIpc) is 2.74. The number of aliphatic carboxylic acids is 1. The molecule has 1 N–H and O–H groups in total. The third-order valence-corrected chi connectivity index (χ3v) is 3.78. The fourth-order valence-electron chi connectivity index (χ4n) is 2.79. The number of fused-ring (bicyclic) bond motifs is 1. The Morgan fingerprint density at radius 1 is 1.27 bits per heavy atom. The summed E-state index contributed by atoms with van der Waals surface area (Å²) in [4.78, 5) is 24.2. The summed E-state index contributed by atoms with van der Waals surface area (Å²) in [6, 6.07) is 0. The van der Waals surface area contributed by atoms with Gasteiger partial charge in [-0.1, -0.05) is 6.42 Å². The summed E-state index contributed by atoms with van der Waals surface area (Å²) in [5.74, 6) is -0.845. The van der Waals surface area contributed by atoms with E-state index in [4.69, 9.17) is 5.11 Å². The summed E-state index contributed by atoms with van der Waals surface area (Å²) in [6.07, 6.45) is 3.68. The van der Waals surface area contributed by atoms with Gasteiger partial charge in [-0.2, -0.15) is 0 Å². The quantitative estimate of drug-likeness (QED) is 0.692. The SMILES string of the molecule is CC(C(=O)O)C(=O)N1CC2CCCC2C1. The van der Waals surface area contributed by atoms with E-state index in [2.05, 4.69) is 0 Å². The lowest BCUT2D eigenvalue weighted by Crippen LogP contribution is -2.37.